The van der Waals surface area contributed by atoms with Gasteiger partial charge < -0.3 is 10.3 Å². The number of pyridine rings is 2. The molecule has 0 atom stereocenters. The summed E-state index contributed by atoms with van der Waals surface area (Å²) in [6.45, 7) is 1.98. The molecule has 0 saturated heterocycles. The number of hydrogen-bond donors (Lipinski definition) is 3. The van der Waals surface area contributed by atoms with Crippen LogP contribution in [-0.4, -0.2) is 31.1 Å². The number of anilines is 1. The van der Waals surface area contributed by atoms with Gasteiger partial charge in [0.15, 0.2) is 0 Å². The maximum Gasteiger partial charge on any atom is 0.224 e. The molecular weight excluding hydrogens is 456 g/mol. The van der Waals surface area contributed by atoms with Crippen LogP contribution in [0.1, 0.15) is 19.8 Å². The van der Waals surface area contributed by atoms with Crippen molar-refractivity contribution in [3.63, 3.8) is 0 Å². The van der Waals surface area contributed by atoms with Gasteiger partial charge in [-0.2, -0.15) is 16.4 Å². The first kappa shape index (κ1) is 21.2. The lowest BCUT2D eigenvalue weighted by molar-refractivity contribution is -0.116. The minimum absolute atomic E-state index is 0.0207. The Labute approximate surface area is 205 Å². The summed E-state index contributed by atoms with van der Waals surface area (Å²) < 4.78 is 0. The molecule has 7 nitrogen and oxygen atoms in total. The fraction of sp³-hybridized carbons (Fsp3) is 0.111. The van der Waals surface area contributed by atoms with Gasteiger partial charge in [-0.3, -0.25) is 19.9 Å². The highest BCUT2D eigenvalue weighted by Crippen LogP contribution is 2.35. The van der Waals surface area contributed by atoms with Crippen LogP contribution in [0.25, 0.3) is 55.6 Å². The maximum absolute atomic E-state index is 12.0. The SMILES string of the molecule is CCCC(=O)Nc1cncc(-c2cc3c(-c4cc5c(-c6ccsc6)cccc5[nH]4)n[nH]c3cn2)c1. The summed E-state index contributed by atoms with van der Waals surface area (Å²) >= 11 is 1.69. The van der Waals surface area contributed by atoms with Crippen molar-refractivity contribution in [2.75, 3.05) is 5.32 Å². The van der Waals surface area contributed by atoms with Gasteiger partial charge in [-0.15, -0.1) is 0 Å². The van der Waals surface area contributed by atoms with Crippen LogP contribution in [0.2, 0.25) is 0 Å². The molecule has 6 rings (SSSR count). The summed E-state index contributed by atoms with van der Waals surface area (Å²) in [5, 5.41) is 17.0. The Morgan fingerprint density at radius 2 is 1.97 bits per heavy atom. The minimum atomic E-state index is -0.0207. The lowest BCUT2D eigenvalue weighted by Gasteiger charge is -2.06. The molecule has 0 saturated carbocycles. The summed E-state index contributed by atoms with van der Waals surface area (Å²) in [6.07, 6.45) is 6.45. The summed E-state index contributed by atoms with van der Waals surface area (Å²) in [6, 6.07) is 14.5. The number of aromatic amines is 2. The molecule has 0 aliphatic rings. The molecule has 172 valence electrons. The molecule has 6 aromatic rings. The van der Waals surface area contributed by atoms with Crippen molar-refractivity contribution >= 4 is 44.7 Å². The molecule has 5 aromatic heterocycles. The standard InChI is InChI=1S/C27H22N6OS/c1-2-4-26(34)30-18-9-17(12-28-13-18)23-11-21-25(14-29-23)32-33-27(21)24-10-20-19(16-7-8-35-15-16)5-3-6-22(20)31-24/h3,5-15,31H,2,4H2,1H3,(H,30,34)(H,32,33). The molecule has 0 spiro atoms. The van der Waals surface area contributed by atoms with Gasteiger partial charge in [0.25, 0.3) is 0 Å². The van der Waals surface area contributed by atoms with E-state index in [1.807, 2.05) is 19.1 Å². The maximum atomic E-state index is 12.0. The van der Waals surface area contributed by atoms with E-state index < -0.39 is 0 Å². The summed E-state index contributed by atoms with van der Waals surface area (Å²) in [4.78, 5) is 24.4. The number of hydrogen-bond acceptors (Lipinski definition) is 5. The first-order valence-corrected chi connectivity index (χ1v) is 12.4. The van der Waals surface area contributed by atoms with Crippen LogP contribution in [-0.2, 0) is 4.79 Å². The van der Waals surface area contributed by atoms with Crippen LogP contribution in [0.15, 0.2) is 71.8 Å². The molecular formula is C27H22N6OS. The average Bonchev–Trinajstić information content (AvgIpc) is 3.63. The Morgan fingerprint density at radius 1 is 1.03 bits per heavy atom. The number of carbonyl (C=O) groups excluding carboxylic acids is 1. The van der Waals surface area contributed by atoms with Crippen LogP contribution >= 0.6 is 11.3 Å². The third-order valence-corrected chi connectivity index (χ3v) is 6.68. The highest BCUT2D eigenvalue weighted by molar-refractivity contribution is 7.08. The van der Waals surface area contributed by atoms with Crippen LogP contribution in [0.3, 0.4) is 0 Å². The van der Waals surface area contributed by atoms with Crippen molar-refractivity contribution in [2.45, 2.75) is 19.8 Å². The molecule has 8 heteroatoms. The van der Waals surface area contributed by atoms with Gasteiger partial charge >= 0.3 is 0 Å². The lowest BCUT2D eigenvalue weighted by atomic mass is 10.0. The van der Waals surface area contributed by atoms with E-state index in [2.05, 4.69) is 71.6 Å². The average molecular weight is 479 g/mol. The number of carbonyl (C=O) groups is 1. The molecule has 1 aromatic carbocycles. The molecule has 5 heterocycles. The van der Waals surface area contributed by atoms with E-state index in [1.165, 1.54) is 11.1 Å². The second-order valence-electron chi connectivity index (χ2n) is 8.41. The van der Waals surface area contributed by atoms with Crippen molar-refractivity contribution in [1.82, 2.24) is 25.1 Å². The number of rotatable bonds is 6. The smallest absolute Gasteiger partial charge is 0.224 e. The summed E-state index contributed by atoms with van der Waals surface area (Å²) in [5.41, 5.74) is 8.33. The number of thiophene rings is 1. The number of amides is 1. The highest BCUT2D eigenvalue weighted by atomic mass is 32.1. The van der Waals surface area contributed by atoms with Crippen molar-refractivity contribution < 1.29 is 4.79 Å². The van der Waals surface area contributed by atoms with Crippen molar-refractivity contribution in [2.24, 2.45) is 0 Å². The number of aromatic nitrogens is 5. The fourth-order valence-corrected chi connectivity index (χ4v) is 4.99. The number of benzene rings is 1. The molecule has 0 fully saturated rings. The summed E-state index contributed by atoms with van der Waals surface area (Å²) in [5.74, 6) is -0.0207. The summed E-state index contributed by atoms with van der Waals surface area (Å²) in [7, 11) is 0. The van der Waals surface area contributed by atoms with E-state index in [9.17, 15) is 4.79 Å². The van der Waals surface area contributed by atoms with Gasteiger partial charge in [0, 0.05) is 34.5 Å². The van der Waals surface area contributed by atoms with Gasteiger partial charge in [0.1, 0.15) is 5.69 Å². The second-order valence-corrected chi connectivity index (χ2v) is 9.19. The lowest BCUT2D eigenvalue weighted by Crippen LogP contribution is -2.10. The van der Waals surface area contributed by atoms with Crippen LogP contribution in [0.4, 0.5) is 5.69 Å². The molecule has 35 heavy (non-hydrogen) atoms. The Balaban J connectivity index is 1.40. The third kappa shape index (κ3) is 3.98. The minimum Gasteiger partial charge on any atom is -0.353 e. The van der Waals surface area contributed by atoms with E-state index in [-0.39, 0.29) is 5.91 Å². The topological polar surface area (TPSA) is 99.4 Å². The predicted molar refractivity (Wildman–Crippen MR) is 141 cm³/mol. The van der Waals surface area contributed by atoms with Crippen molar-refractivity contribution in [3.8, 4) is 33.8 Å². The normalized spacial score (nSPS) is 11.3. The van der Waals surface area contributed by atoms with E-state index >= 15 is 0 Å². The molecule has 0 aliphatic heterocycles. The Morgan fingerprint density at radius 3 is 2.83 bits per heavy atom. The second kappa shape index (κ2) is 8.81. The van der Waals surface area contributed by atoms with Gasteiger partial charge in [-0.25, -0.2) is 0 Å². The van der Waals surface area contributed by atoms with Crippen molar-refractivity contribution in [1.29, 1.82) is 0 Å². The molecule has 0 unspecified atom stereocenters. The van der Waals surface area contributed by atoms with E-state index in [0.29, 0.717) is 12.1 Å². The van der Waals surface area contributed by atoms with Gasteiger partial charge in [-0.1, -0.05) is 19.1 Å². The zero-order valence-corrected chi connectivity index (χ0v) is 19.8. The van der Waals surface area contributed by atoms with E-state index in [4.69, 9.17) is 0 Å². The van der Waals surface area contributed by atoms with Gasteiger partial charge in [-0.05, 0) is 58.6 Å². The van der Waals surface area contributed by atoms with Gasteiger partial charge in [0.2, 0.25) is 5.91 Å². The third-order valence-electron chi connectivity index (χ3n) is 5.99. The molecule has 0 bridgehead atoms. The number of fused-ring (bicyclic) bond motifs is 2. The monoisotopic (exact) mass is 478 g/mol. The zero-order valence-electron chi connectivity index (χ0n) is 19.0. The Kier molecular flexibility index (Phi) is 5.35. The molecule has 3 N–H and O–H groups in total. The van der Waals surface area contributed by atoms with E-state index in [0.717, 1.165) is 50.9 Å². The van der Waals surface area contributed by atoms with Crippen LogP contribution < -0.4 is 5.32 Å². The van der Waals surface area contributed by atoms with E-state index in [1.54, 1.807) is 29.9 Å². The quantitative estimate of drug-likeness (QED) is 0.250. The number of nitrogens with one attached hydrogen (secondary N) is 3. The highest BCUT2D eigenvalue weighted by Gasteiger charge is 2.15. The van der Waals surface area contributed by atoms with Crippen LogP contribution in [0.5, 0.6) is 0 Å². The molecule has 0 aliphatic carbocycles. The first-order chi connectivity index (χ1) is 17.2. The largest absolute Gasteiger partial charge is 0.353 e. The Hall–Kier alpha value is -4.30. The van der Waals surface area contributed by atoms with Gasteiger partial charge in [0.05, 0.1) is 35.0 Å². The predicted octanol–water partition coefficient (Wildman–Crippen LogP) is 6.64. The zero-order chi connectivity index (χ0) is 23.8. The fourth-order valence-electron chi connectivity index (χ4n) is 4.33. The molecule has 0 radical (unpaired) electrons. The van der Waals surface area contributed by atoms with Crippen LogP contribution in [0, 0.1) is 0 Å². The van der Waals surface area contributed by atoms with Crippen molar-refractivity contribution in [3.05, 3.63) is 71.8 Å². The number of H-pyrrole nitrogens is 2. The Bertz CT molecular complexity index is 1660. The molecule has 1 amide bonds. The number of nitrogens with zero attached hydrogens (tertiary/aromatic N) is 3. The first-order valence-electron chi connectivity index (χ1n) is 11.4.